The first-order chi connectivity index (χ1) is 7.70. The van der Waals surface area contributed by atoms with Crippen LogP contribution in [0.4, 0.5) is 5.82 Å². The van der Waals surface area contributed by atoms with E-state index in [0.29, 0.717) is 12.6 Å². The second kappa shape index (κ2) is 4.80. The molecule has 2 rings (SSSR count). The zero-order valence-corrected chi connectivity index (χ0v) is 10.1. The van der Waals surface area contributed by atoms with Crippen LogP contribution in [0.15, 0.2) is 18.2 Å². The predicted octanol–water partition coefficient (Wildman–Crippen LogP) is 0.681. The summed E-state index contributed by atoms with van der Waals surface area (Å²) in [6.07, 6.45) is 0. The predicted molar refractivity (Wildman–Crippen MR) is 66.4 cm³/mol. The number of aromatic nitrogens is 1. The molecule has 1 aromatic rings. The van der Waals surface area contributed by atoms with Gasteiger partial charge in [0.05, 0.1) is 5.69 Å². The van der Waals surface area contributed by atoms with Crippen molar-refractivity contribution in [3.05, 3.63) is 23.9 Å². The number of nitrogens with zero attached hydrogens (tertiary/aromatic N) is 3. The Morgan fingerprint density at radius 3 is 2.94 bits per heavy atom. The first-order valence-electron chi connectivity index (χ1n) is 5.82. The van der Waals surface area contributed by atoms with Crippen LogP contribution < -0.4 is 10.6 Å². The molecular weight excluding hydrogens is 200 g/mol. The standard InChI is InChI=1S/C12H20N4/c1-10-9-15(2)6-7-16(10)12-5-3-4-11(8-13)14-12/h3-5,10H,6-9,13H2,1-2H3. The molecule has 1 fully saturated rings. The first kappa shape index (κ1) is 11.4. The summed E-state index contributed by atoms with van der Waals surface area (Å²) in [5.74, 6) is 1.06. The number of piperazine rings is 1. The molecular formula is C12H20N4. The molecule has 1 unspecified atom stereocenters. The summed E-state index contributed by atoms with van der Waals surface area (Å²) < 4.78 is 0. The van der Waals surface area contributed by atoms with Crippen LogP contribution in [0.2, 0.25) is 0 Å². The van der Waals surface area contributed by atoms with E-state index in [9.17, 15) is 0 Å². The lowest BCUT2D eigenvalue weighted by molar-refractivity contribution is 0.274. The second-order valence-electron chi connectivity index (χ2n) is 4.50. The van der Waals surface area contributed by atoms with Gasteiger partial charge in [-0.2, -0.15) is 0 Å². The lowest BCUT2D eigenvalue weighted by Crippen LogP contribution is -2.50. The number of hydrogen-bond acceptors (Lipinski definition) is 4. The van der Waals surface area contributed by atoms with Crippen LogP contribution in [-0.2, 0) is 6.54 Å². The Kier molecular flexibility index (Phi) is 3.41. The van der Waals surface area contributed by atoms with E-state index >= 15 is 0 Å². The van der Waals surface area contributed by atoms with Gasteiger partial charge in [-0.1, -0.05) is 6.07 Å². The van der Waals surface area contributed by atoms with Crippen LogP contribution in [0, 0.1) is 0 Å². The lowest BCUT2D eigenvalue weighted by Gasteiger charge is -2.39. The Hall–Kier alpha value is -1.13. The van der Waals surface area contributed by atoms with Crippen LogP contribution in [0.25, 0.3) is 0 Å². The van der Waals surface area contributed by atoms with Crippen molar-refractivity contribution in [2.24, 2.45) is 5.73 Å². The average Bonchev–Trinajstić information content (AvgIpc) is 2.29. The summed E-state index contributed by atoms with van der Waals surface area (Å²) in [6, 6.07) is 6.60. The molecule has 0 amide bonds. The van der Waals surface area contributed by atoms with Gasteiger partial charge in [0.15, 0.2) is 0 Å². The smallest absolute Gasteiger partial charge is 0.129 e. The molecule has 1 aromatic heterocycles. The molecule has 4 nitrogen and oxygen atoms in total. The van der Waals surface area contributed by atoms with E-state index in [4.69, 9.17) is 5.73 Å². The fourth-order valence-corrected chi connectivity index (χ4v) is 2.22. The largest absolute Gasteiger partial charge is 0.351 e. The van der Waals surface area contributed by atoms with Crippen molar-refractivity contribution in [2.45, 2.75) is 19.5 Å². The van der Waals surface area contributed by atoms with Crippen molar-refractivity contribution in [1.29, 1.82) is 0 Å². The van der Waals surface area contributed by atoms with E-state index in [1.807, 2.05) is 12.1 Å². The molecule has 1 aliphatic heterocycles. The average molecular weight is 220 g/mol. The van der Waals surface area contributed by atoms with E-state index in [1.54, 1.807) is 0 Å². The monoisotopic (exact) mass is 220 g/mol. The third-order valence-electron chi connectivity index (χ3n) is 3.13. The molecule has 0 aromatic carbocycles. The summed E-state index contributed by atoms with van der Waals surface area (Å²) >= 11 is 0. The summed E-state index contributed by atoms with van der Waals surface area (Å²) in [6.45, 7) is 5.98. The third kappa shape index (κ3) is 2.33. The summed E-state index contributed by atoms with van der Waals surface area (Å²) in [5.41, 5.74) is 6.58. The number of nitrogens with two attached hydrogens (primary N) is 1. The lowest BCUT2D eigenvalue weighted by atomic mass is 10.2. The molecule has 1 aliphatic rings. The molecule has 16 heavy (non-hydrogen) atoms. The molecule has 0 bridgehead atoms. The minimum atomic E-state index is 0.510. The molecule has 0 spiro atoms. The van der Waals surface area contributed by atoms with Gasteiger partial charge in [0.2, 0.25) is 0 Å². The highest BCUT2D eigenvalue weighted by molar-refractivity contribution is 5.41. The third-order valence-corrected chi connectivity index (χ3v) is 3.13. The highest BCUT2D eigenvalue weighted by Crippen LogP contribution is 2.17. The molecule has 4 heteroatoms. The van der Waals surface area contributed by atoms with Gasteiger partial charge in [0.25, 0.3) is 0 Å². The molecule has 2 N–H and O–H groups in total. The maximum atomic E-state index is 5.62. The van der Waals surface area contributed by atoms with E-state index < -0.39 is 0 Å². The first-order valence-corrected chi connectivity index (χ1v) is 5.82. The maximum absolute atomic E-state index is 5.62. The number of hydrogen-bond donors (Lipinski definition) is 1. The Labute approximate surface area is 97.1 Å². The van der Waals surface area contributed by atoms with Crippen LogP contribution in [0.3, 0.4) is 0 Å². The molecule has 2 heterocycles. The molecule has 88 valence electrons. The van der Waals surface area contributed by atoms with Crippen LogP contribution >= 0.6 is 0 Å². The maximum Gasteiger partial charge on any atom is 0.129 e. The van der Waals surface area contributed by atoms with Crippen molar-refractivity contribution in [2.75, 3.05) is 31.6 Å². The molecule has 0 saturated carbocycles. The van der Waals surface area contributed by atoms with Gasteiger partial charge < -0.3 is 15.5 Å². The zero-order chi connectivity index (χ0) is 11.5. The fraction of sp³-hybridized carbons (Fsp3) is 0.583. The van der Waals surface area contributed by atoms with Crippen molar-refractivity contribution < 1.29 is 0 Å². The number of pyridine rings is 1. The van der Waals surface area contributed by atoms with Gasteiger partial charge in [-0.25, -0.2) is 4.98 Å². The highest BCUT2D eigenvalue weighted by atomic mass is 15.3. The van der Waals surface area contributed by atoms with Crippen LogP contribution in [-0.4, -0.2) is 42.6 Å². The second-order valence-corrected chi connectivity index (χ2v) is 4.50. The van der Waals surface area contributed by atoms with Gasteiger partial charge in [0, 0.05) is 32.2 Å². The quantitative estimate of drug-likeness (QED) is 0.796. The van der Waals surface area contributed by atoms with Gasteiger partial charge in [0.1, 0.15) is 5.82 Å². The Balaban J connectivity index is 2.16. The van der Waals surface area contributed by atoms with Gasteiger partial charge in [-0.05, 0) is 26.1 Å². The SMILES string of the molecule is CC1CN(C)CCN1c1cccc(CN)n1. The zero-order valence-electron chi connectivity index (χ0n) is 10.1. The number of likely N-dealkylation sites (N-methyl/N-ethyl adjacent to an activating group) is 1. The summed E-state index contributed by atoms with van der Waals surface area (Å²) in [5, 5.41) is 0. The molecule has 1 atom stereocenters. The Morgan fingerprint density at radius 1 is 1.44 bits per heavy atom. The minimum Gasteiger partial charge on any atom is -0.351 e. The van der Waals surface area contributed by atoms with E-state index in [0.717, 1.165) is 31.1 Å². The van der Waals surface area contributed by atoms with Gasteiger partial charge in [-0.3, -0.25) is 0 Å². The topological polar surface area (TPSA) is 45.4 Å². The van der Waals surface area contributed by atoms with Gasteiger partial charge >= 0.3 is 0 Å². The van der Waals surface area contributed by atoms with E-state index in [1.165, 1.54) is 0 Å². The summed E-state index contributed by atoms with van der Waals surface area (Å²) in [7, 11) is 2.16. The summed E-state index contributed by atoms with van der Waals surface area (Å²) in [4.78, 5) is 9.29. The molecule has 0 radical (unpaired) electrons. The van der Waals surface area contributed by atoms with E-state index in [-0.39, 0.29) is 0 Å². The van der Waals surface area contributed by atoms with Crippen molar-refractivity contribution >= 4 is 5.82 Å². The molecule has 0 aliphatic carbocycles. The van der Waals surface area contributed by atoms with Crippen LogP contribution in [0.5, 0.6) is 0 Å². The number of rotatable bonds is 2. The normalized spacial score (nSPS) is 22.4. The van der Waals surface area contributed by atoms with E-state index in [2.05, 4.69) is 34.8 Å². The van der Waals surface area contributed by atoms with Crippen LogP contribution in [0.1, 0.15) is 12.6 Å². The fourth-order valence-electron chi connectivity index (χ4n) is 2.22. The minimum absolute atomic E-state index is 0.510. The number of anilines is 1. The Bertz CT molecular complexity index is 353. The van der Waals surface area contributed by atoms with Gasteiger partial charge in [-0.15, -0.1) is 0 Å². The van der Waals surface area contributed by atoms with Crippen molar-refractivity contribution in [1.82, 2.24) is 9.88 Å². The molecule has 1 saturated heterocycles. The highest BCUT2D eigenvalue weighted by Gasteiger charge is 2.22. The Morgan fingerprint density at radius 2 is 2.25 bits per heavy atom. The van der Waals surface area contributed by atoms with Crippen molar-refractivity contribution in [3.63, 3.8) is 0 Å². The van der Waals surface area contributed by atoms with Crippen molar-refractivity contribution in [3.8, 4) is 0 Å².